The van der Waals surface area contributed by atoms with E-state index in [0.717, 1.165) is 0 Å². The molecule has 0 fully saturated rings. The van der Waals surface area contributed by atoms with E-state index in [1.54, 1.807) is 0 Å². The molecule has 4 N–H and O–H groups in total. The molecule has 0 aliphatic rings. The van der Waals surface area contributed by atoms with Crippen molar-refractivity contribution in [2.75, 3.05) is 0 Å². The molecule has 80 valence electrons. The quantitative estimate of drug-likeness (QED) is 0.526. The molecule has 0 saturated carbocycles. The van der Waals surface area contributed by atoms with Crippen molar-refractivity contribution in [2.45, 2.75) is 0 Å². The molecular formula is H6O9P4. The maximum absolute atomic E-state index is 10.5. The highest BCUT2D eigenvalue weighted by Gasteiger charge is 2.37. The number of phosphoric acid groups is 2. The summed E-state index contributed by atoms with van der Waals surface area (Å²) in [5, 5.41) is 0. The van der Waals surface area contributed by atoms with Gasteiger partial charge in [0.05, 0.1) is 0 Å². The standard InChI is InChI=1S/H6O9P4/c1-11(2,3)8-12(4,5)9-13(6,7)10/h10H2,(H,4,5)(H,6,7)(H2,1,2,3). The average molecular weight is 274 g/mol. The van der Waals surface area contributed by atoms with Gasteiger partial charge in [-0.05, 0) is 8.93 Å². The van der Waals surface area contributed by atoms with Crippen LogP contribution in [0.2, 0.25) is 0 Å². The van der Waals surface area contributed by atoms with Gasteiger partial charge in [-0.2, -0.15) is 4.31 Å². The van der Waals surface area contributed by atoms with Gasteiger partial charge in [0.2, 0.25) is 0 Å². The molecule has 0 rings (SSSR count). The summed E-state index contributed by atoms with van der Waals surface area (Å²) < 4.78 is 37.6. The third-order valence-electron chi connectivity index (χ3n) is 0.430. The van der Waals surface area contributed by atoms with Crippen molar-refractivity contribution in [2.24, 2.45) is 0 Å². The Balaban J connectivity index is 4.54. The largest absolute Gasteiger partial charge is 0.488 e. The van der Waals surface area contributed by atoms with Crippen LogP contribution < -0.4 is 0 Å². The minimum Gasteiger partial charge on any atom is -0.321 e. The molecule has 0 aliphatic heterocycles. The van der Waals surface area contributed by atoms with Gasteiger partial charge in [0.15, 0.2) is 0 Å². The first-order valence-corrected chi connectivity index (χ1v) is 8.56. The monoisotopic (exact) mass is 274 g/mol. The van der Waals surface area contributed by atoms with Gasteiger partial charge in [-0.25, -0.2) is 13.4 Å². The Morgan fingerprint density at radius 3 is 1.54 bits per heavy atom. The molecule has 13 heavy (non-hydrogen) atoms. The van der Waals surface area contributed by atoms with Crippen molar-refractivity contribution in [3.63, 3.8) is 0 Å². The van der Waals surface area contributed by atoms with Crippen molar-refractivity contribution in [3.05, 3.63) is 0 Å². The van der Waals surface area contributed by atoms with Gasteiger partial charge >= 0.3 is 22.9 Å². The van der Waals surface area contributed by atoms with Crippen LogP contribution in [-0.4, -0.2) is 19.6 Å². The van der Waals surface area contributed by atoms with E-state index in [0.29, 0.717) is 0 Å². The third-order valence-corrected chi connectivity index (χ3v) is 4.72. The zero-order valence-corrected chi connectivity index (χ0v) is 9.59. The Labute approximate surface area is 74.6 Å². The highest BCUT2D eigenvalue weighted by atomic mass is 32.1. The first-order valence-electron chi connectivity index (χ1n) is 2.34. The summed E-state index contributed by atoms with van der Waals surface area (Å²) in [4.78, 5) is 32.9. The van der Waals surface area contributed by atoms with Gasteiger partial charge in [-0.15, -0.1) is 0 Å². The Morgan fingerprint density at radius 2 is 1.31 bits per heavy atom. The van der Waals surface area contributed by atoms with Crippen LogP contribution in [0.15, 0.2) is 0 Å². The first kappa shape index (κ1) is 13.9. The van der Waals surface area contributed by atoms with E-state index in [4.69, 9.17) is 19.6 Å². The molecule has 0 aromatic heterocycles. The Bertz CT molecular complexity index is 274. The van der Waals surface area contributed by atoms with Crippen molar-refractivity contribution in [3.8, 4) is 0 Å². The van der Waals surface area contributed by atoms with E-state index in [-0.39, 0.29) is 0 Å². The van der Waals surface area contributed by atoms with Gasteiger partial charge in [0.25, 0.3) is 0 Å². The van der Waals surface area contributed by atoms with Crippen molar-refractivity contribution in [1.82, 2.24) is 0 Å². The van der Waals surface area contributed by atoms with Crippen LogP contribution in [-0.2, 0) is 22.3 Å². The summed E-state index contributed by atoms with van der Waals surface area (Å²) in [5.41, 5.74) is 0. The molecule has 0 saturated heterocycles. The Hall–Kier alpha value is 0.880. The molecule has 0 spiro atoms. The highest BCUT2D eigenvalue weighted by Crippen LogP contribution is 2.68. The number of hydrogen-bond acceptors (Lipinski definition) is 5. The van der Waals surface area contributed by atoms with Crippen LogP contribution in [0, 0.1) is 0 Å². The number of rotatable bonds is 4. The molecule has 0 radical (unpaired) electrons. The fourth-order valence-electron chi connectivity index (χ4n) is 0.297. The molecule has 3 unspecified atom stereocenters. The van der Waals surface area contributed by atoms with Crippen molar-refractivity contribution in [1.29, 1.82) is 0 Å². The molecule has 0 aliphatic carbocycles. The third kappa shape index (κ3) is 9.19. The lowest BCUT2D eigenvalue weighted by Gasteiger charge is -2.13. The molecule has 0 bridgehead atoms. The van der Waals surface area contributed by atoms with E-state index in [2.05, 4.69) is 8.62 Å². The molecule has 0 aromatic carbocycles. The lowest BCUT2D eigenvalue weighted by atomic mass is 15.7. The second-order valence-electron chi connectivity index (χ2n) is 1.69. The molecular weight excluding hydrogens is 268 g/mol. The summed E-state index contributed by atoms with van der Waals surface area (Å²) in [7, 11) is -13.8. The van der Waals surface area contributed by atoms with E-state index < -0.39 is 22.9 Å². The van der Waals surface area contributed by atoms with Crippen LogP contribution in [0.3, 0.4) is 0 Å². The van der Waals surface area contributed by atoms with Gasteiger partial charge < -0.3 is 19.6 Å². The van der Waals surface area contributed by atoms with Crippen LogP contribution in [0.5, 0.6) is 0 Å². The van der Waals surface area contributed by atoms with E-state index in [9.17, 15) is 13.7 Å². The molecule has 0 aromatic rings. The zero-order chi connectivity index (χ0) is 10.9. The average Bonchev–Trinajstić information content (AvgIpc) is 1.43. The number of hydrogen-bond donors (Lipinski definition) is 4. The van der Waals surface area contributed by atoms with Gasteiger partial charge in [-0.3, -0.25) is 4.57 Å². The fourth-order valence-corrected chi connectivity index (χ4v) is 4.02. The van der Waals surface area contributed by atoms with E-state index in [1.807, 2.05) is 0 Å². The smallest absolute Gasteiger partial charge is 0.321 e. The second kappa shape index (κ2) is 4.17. The summed E-state index contributed by atoms with van der Waals surface area (Å²) in [6.07, 6.45) is 0. The van der Waals surface area contributed by atoms with Crippen LogP contribution in [0.25, 0.3) is 0 Å². The summed E-state index contributed by atoms with van der Waals surface area (Å²) in [5.74, 6) is 0. The predicted octanol–water partition coefficient (Wildman–Crippen LogP) is 0.188. The maximum atomic E-state index is 10.5. The lowest BCUT2D eigenvalue weighted by molar-refractivity contribution is 0.226. The second-order valence-corrected chi connectivity index (χ2v) is 8.00. The minimum atomic E-state index is -5.25. The molecule has 0 heterocycles. The zero-order valence-electron chi connectivity index (χ0n) is 5.75. The molecule has 9 nitrogen and oxygen atoms in total. The Kier molecular flexibility index (Phi) is 4.45. The lowest BCUT2D eigenvalue weighted by Crippen LogP contribution is -1.89. The highest BCUT2D eigenvalue weighted by molar-refractivity contribution is 8.13. The predicted molar refractivity (Wildman–Crippen MR) is 43.6 cm³/mol. The topological polar surface area (TPSA) is 151 Å². The van der Waals surface area contributed by atoms with E-state index in [1.165, 1.54) is 8.93 Å². The van der Waals surface area contributed by atoms with E-state index >= 15 is 0 Å². The van der Waals surface area contributed by atoms with Crippen LogP contribution in [0.1, 0.15) is 0 Å². The summed E-state index contributed by atoms with van der Waals surface area (Å²) in [6, 6.07) is 0. The Morgan fingerprint density at radius 1 is 0.923 bits per heavy atom. The molecule has 0 amide bonds. The van der Waals surface area contributed by atoms with Crippen molar-refractivity contribution >= 4 is 31.9 Å². The van der Waals surface area contributed by atoms with Gasteiger partial charge in [0, 0.05) is 0 Å². The van der Waals surface area contributed by atoms with Crippen LogP contribution in [0.4, 0.5) is 0 Å². The first-order chi connectivity index (χ1) is 5.41. The molecule has 13 heteroatoms. The maximum Gasteiger partial charge on any atom is 0.488 e. The molecule has 3 atom stereocenters. The summed E-state index contributed by atoms with van der Waals surface area (Å²) in [6.45, 7) is 0. The fraction of sp³-hybridized carbons (Fsp3) is 0. The van der Waals surface area contributed by atoms with Crippen molar-refractivity contribution < 1.29 is 41.9 Å². The van der Waals surface area contributed by atoms with Crippen LogP contribution >= 0.6 is 31.9 Å². The SMILES string of the molecule is O=P(O)(O)OP(=O)(O)OP(=O)(O)P. The normalized spacial score (nSPS) is 21.9. The minimum absolute atomic E-state index is 1.17. The van der Waals surface area contributed by atoms with Gasteiger partial charge in [0.1, 0.15) is 0 Å². The summed E-state index contributed by atoms with van der Waals surface area (Å²) >= 11 is 0. The van der Waals surface area contributed by atoms with Gasteiger partial charge in [-0.1, -0.05) is 0 Å².